The fourth-order valence-corrected chi connectivity index (χ4v) is 1.32. The van der Waals surface area contributed by atoms with E-state index in [1.807, 2.05) is 22.6 Å². The van der Waals surface area contributed by atoms with Crippen molar-refractivity contribution in [2.45, 2.75) is 4.43 Å². The first-order chi connectivity index (χ1) is 5.69. The standard InChI is InChI=1S/C8H7F2IO/c1-12-8-6(9)2-5(4-11)3-7(8)10/h2-3H,4H2,1H3. The highest BCUT2D eigenvalue weighted by Gasteiger charge is 2.10. The molecule has 0 fully saturated rings. The van der Waals surface area contributed by atoms with Crippen molar-refractivity contribution in [3.8, 4) is 5.75 Å². The third-order valence-corrected chi connectivity index (χ3v) is 2.30. The summed E-state index contributed by atoms with van der Waals surface area (Å²) < 4.78 is 31.0. The second kappa shape index (κ2) is 4.02. The van der Waals surface area contributed by atoms with Crippen LogP contribution in [0.4, 0.5) is 8.78 Å². The molecule has 0 aromatic heterocycles. The van der Waals surface area contributed by atoms with Crippen molar-refractivity contribution in [3.63, 3.8) is 0 Å². The summed E-state index contributed by atoms with van der Waals surface area (Å²) in [6.07, 6.45) is 0. The highest BCUT2D eigenvalue weighted by Crippen LogP contribution is 2.23. The number of benzene rings is 1. The van der Waals surface area contributed by atoms with Gasteiger partial charge in [-0.1, -0.05) is 22.6 Å². The van der Waals surface area contributed by atoms with Crippen molar-refractivity contribution in [1.29, 1.82) is 0 Å². The quantitative estimate of drug-likeness (QED) is 0.599. The van der Waals surface area contributed by atoms with E-state index in [-0.39, 0.29) is 5.75 Å². The van der Waals surface area contributed by atoms with E-state index in [4.69, 9.17) is 0 Å². The molecule has 0 N–H and O–H groups in total. The summed E-state index contributed by atoms with van der Waals surface area (Å²) in [5.41, 5.74) is 0.617. The predicted molar refractivity (Wildman–Crippen MR) is 50.6 cm³/mol. The van der Waals surface area contributed by atoms with Crippen molar-refractivity contribution < 1.29 is 13.5 Å². The molecular weight excluding hydrogens is 277 g/mol. The maximum absolute atomic E-state index is 12.9. The Balaban J connectivity index is 3.18. The summed E-state index contributed by atoms with van der Waals surface area (Å²) >= 11 is 2.04. The minimum Gasteiger partial charge on any atom is -0.491 e. The first kappa shape index (κ1) is 9.70. The Hall–Kier alpha value is -0.390. The van der Waals surface area contributed by atoms with Crippen LogP contribution in [0.2, 0.25) is 0 Å². The molecular formula is C8H7F2IO. The minimum absolute atomic E-state index is 0.316. The van der Waals surface area contributed by atoms with E-state index in [1.54, 1.807) is 0 Å². The largest absolute Gasteiger partial charge is 0.491 e. The lowest BCUT2D eigenvalue weighted by atomic mass is 10.2. The first-order valence-electron chi connectivity index (χ1n) is 3.27. The number of hydrogen-bond donors (Lipinski definition) is 0. The molecule has 0 saturated carbocycles. The summed E-state index contributed by atoms with van der Waals surface area (Å²) in [4.78, 5) is 0. The van der Waals surface area contributed by atoms with Crippen molar-refractivity contribution in [3.05, 3.63) is 29.3 Å². The van der Waals surface area contributed by atoms with Crippen molar-refractivity contribution in [2.24, 2.45) is 0 Å². The number of rotatable bonds is 2. The van der Waals surface area contributed by atoms with Crippen molar-refractivity contribution >= 4 is 22.6 Å². The lowest BCUT2D eigenvalue weighted by molar-refractivity contribution is 0.359. The summed E-state index contributed by atoms with van der Waals surface area (Å²) in [5, 5.41) is 0. The molecule has 1 aromatic carbocycles. The van der Waals surface area contributed by atoms with Crippen molar-refractivity contribution in [2.75, 3.05) is 7.11 Å². The van der Waals surface area contributed by atoms with Gasteiger partial charge in [-0.05, 0) is 17.7 Å². The molecule has 0 aliphatic heterocycles. The Morgan fingerprint density at radius 3 is 2.17 bits per heavy atom. The van der Waals surface area contributed by atoms with Crippen LogP contribution in [0.5, 0.6) is 5.75 Å². The third-order valence-electron chi connectivity index (χ3n) is 1.42. The van der Waals surface area contributed by atoms with Crippen molar-refractivity contribution in [1.82, 2.24) is 0 Å². The van der Waals surface area contributed by atoms with Crippen LogP contribution in [0, 0.1) is 11.6 Å². The lowest BCUT2D eigenvalue weighted by Gasteiger charge is -2.04. The van der Waals surface area contributed by atoms with Gasteiger partial charge in [0, 0.05) is 4.43 Å². The Labute approximate surface area is 82.9 Å². The predicted octanol–water partition coefficient (Wildman–Crippen LogP) is 2.91. The van der Waals surface area contributed by atoms with Crippen LogP contribution >= 0.6 is 22.6 Å². The van der Waals surface area contributed by atoms with Crippen LogP contribution < -0.4 is 4.74 Å². The molecule has 1 nitrogen and oxygen atoms in total. The average molecular weight is 284 g/mol. The van der Waals surface area contributed by atoms with E-state index < -0.39 is 11.6 Å². The molecule has 0 bridgehead atoms. The van der Waals surface area contributed by atoms with E-state index in [0.717, 1.165) is 0 Å². The van der Waals surface area contributed by atoms with E-state index in [9.17, 15) is 8.78 Å². The minimum atomic E-state index is -0.649. The Morgan fingerprint density at radius 2 is 1.83 bits per heavy atom. The van der Waals surface area contributed by atoms with Crippen LogP contribution in [0.15, 0.2) is 12.1 Å². The van der Waals surface area contributed by atoms with Crippen LogP contribution in [-0.4, -0.2) is 7.11 Å². The Kier molecular flexibility index (Phi) is 3.25. The Morgan fingerprint density at radius 1 is 1.33 bits per heavy atom. The second-order valence-corrected chi connectivity index (χ2v) is 2.99. The van der Waals surface area contributed by atoms with Gasteiger partial charge in [0.15, 0.2) is 17.4 Å². The Bertz CT molecular complexity index is 265. The van der Waals surface area contributed by atoms with E-state index in [2.05, 4.69) is 4.74 Å². The topological polar surface area (TPSA) is 9.23 Å². The molecule has 0 radical (unpaired) electrons. The van der Waals surface area contributed by atoms with Gasteiger partial charge in [0.25, 0.3) is 0 Å². The van der Waals surface area contributed by atoms with Gasteiger partial charge >= 0.3 is 0 Å². The molecule has 0 saturated heterocycles. The van der Waals surface area contributed by atoms with Gasteiger partial charge in [-0.2, -0.15) is 0 Å². The molecule has 0 aliphatic rings. The van der Waals surface area contributed by atoms with Crippen LogP contribution in [-0.2, 0) is 4.43 Å². The second-order valence-electron chi connectivity index (χ2n) is 2.23. The summed E-state index contributed by atoms with van der Waals surface area (Å²) in [5.74, 6) is -1.61. The lowest BCUT2D eigenvalue weighted by Crippen LogP contribution is -1.94. The number of methoxy groups -OCH3 is 1. The normalized spacial score (nSPS) is 10.0. The highest BCUT2D eigenvalue weighted by atomic mass is 127. The summed E-state index contributed by atoms with van der Waals surface area (Å²) in [6, 6.07) is 2.54. The molecule has 0 atom stereocenters. The summed E-state index contributed by atoms with van der Waals surface area (Å²) in [7, 11) is 1.24. The third kappa shape index (κ3) is 1.85. The van der Waals surface area contributed by atoms with Crippen LogP contribution in [0.3, 0.4) is 0 Å². The van der Waals surface area contributed by atoms with Crippen LogP contribution in [0.1, 0.15) is 5.56 Å². The molecule has 0 heterocycles. The number of alkyl halides is 1. The highest BCUT2D eigenvalue weighted by molar-refractivity contribution is 14.1. The molecule has 66 valence electrons. The number of hydrogen-bond acceptors (Lipinski definition) is 1. The van der Waals surface area contributed by atoms with Gasteiger partial charge in [0.05, 0.1) is 7.11 Å². The van der Waals surface area contributed by atoms with Gasteiger partial charge in [-0.3, -0.25) is 0 Å². The monoisotopic (exact) mass is 284 g/mol. The number of ether oxygens (including phenoxy) is 1. The van der Waals surface area contributed by atoms with Crippen LogP contribution in [0.25, 0.3) is 0 Å². The van der Waals surface area contributed by atoms with Gasteiger partial charge in [0.1, 0.15) is 0 Å². The smallest absolute Gasteiger partial charge is 0.190 e. The maximum Gasteiger partial charge on any atom is 0.190 e. The average Bonchev–Trinajstić information content (AvgIpc) is 2.03. The SMILES string of the molecule is COc1c(F)cc(CI)cc1F. The molecule has 0 amide bonds. The zero-order valence-electron chi connectivity index (χ0n) is 6.40. The first-order valence-corrected chi connectivity index (χ1v) is 4.79. The fourth-order valence-electron chi connectivity index (χ4n) is 0.885. The molecule has 0 aliphatic carbocycles. The molecule has 12 heavy (non-hydrogen) atoms. The molecule has 1 rings (SSSR count). The molecule has 4 heteroatoms. The zero-order valence-corrected chi connectivity index (χ0v) is 8.56. The summed E-state index contributed by atoms with van der Waals surface area (Å²) in [6.45, 7) is 0. The van der Waals surface area contributed by atoms with E-state index in [0.29, 0.717) is 9.99 Å². The maximum atomic E-state index is 12.9. The molecule has 1 aromatic rings. The van der Waals surface area contributed by atoms with Gasteiger partial charge in [-0.25, -0.2) is 8.78 Å². The number of halogens is 3. The molecule has 0 spiro atoms. The molecule has 0 unspecified atom stereocenters. The van der Waals surface area contributed by atoms with E-state index in [1.165, 1.54) is 19.2 Å². The van der Waals surface area contributed by atoms with Gasteiger partial charge in [-0.15, -0.1) is 0 Å². The zero-order chi connectivity index (χ0) is 9.14. The van der Waals surface area contributed by atoms with Gasteiger partial charge < -0.3 is 4.74 Å². The van der Waals surface area contributed by atoms with Gasteiger partial charge in [0.2, 0.25) is 0 Å². The van der Waals surface area contributed by atoms with E-state index >= 15 is 0 Å². The fraction of sp³-hybridized carbons (Fsp3) is 0.250.